The number of hydrogen-bond acceptors (Lipinski definition) is 0. The summed E-state index contributed by atoms with van der Waals surface area (Å²) in [5.74, 6) is 0. The number of rotatable bonds is 14. The van der Waals surface area contributed by atoms with Crippen molar-refractivity contribution in [3.8, 4) is 0 Å². The fourth-order valence-electron chi connectivity index (χ4n) is 3.08. The summed E-state index contributed by atoms with van der Waals surface area (Å²) in [7, 11) is -0.513. The van der Waals surface area contributed by atoms with Gasteiger partial charge in [0.05, 0.1) is 24.6 Å². The third-order valence-electron chi connectivity index (χ3n) is 5.00. The van der Waals surface area contributed by atoms with Gasteiger partial charge in [-0.2, -0.15) is 0 Å². The topological polar surface area (TPSA) is 0 Å². The summed E-state index contributed by atoms with van der Waals surface area (Å²) in [5.41, 5.74) is 0. The zero-order valence-electron chi connectivity index (χ0n) is 14.7. The predicted octanol–water partition coefficient (Wildman–Crippen LogP) is 3.99. The lowest BCUT2D eigenvalue weighted by molar-refractivity contribution is -0.00000443. The van der Waals surface area contributed by atoms with E-state index in [9.17, 15) is 0 Å². The summed E-state index contributed by atoms with van der Waals surface area (Å²) in [4.78, 5) is 0. The molecule has 0 amide bonds. The molecule has 0 atom stereocenters. The highest BCUT2D eigenvalue weighted by molar-refractivity contribution is 7.75. The second-order valence-corrected chi connectivity index (χ2v) is 11.2. The van der Waals surface area contributed by atoms with Gasteiger partial charge in [-0.25, -0.2) is 0 Å². The van der Waals surface area contributed by atoms with Gasteiger partial charge in [-0.15, -0.1) is 0 Å². The Hall–Kier alpha value is 0.910. The van der Waals surface area contributed by atoms with E-state index < -0.39 is 7.26 Å². The van der Waals surface area contributed by atoms with Gasteiger partial charge in [0.2, 0.25) is 0 Å². The van der Waals surface area contributed by atoms with Crippen LogP contribution >= 0.6 is 7.26 Å². The normalized spacial score (nSPS) is 11.4. The molecule has 0 aromatic rings. The molecule has 0 nitrogen and oxygen atoms in total. The summed E-state index contributed by atoms with van der Waals surface area (Å²) in [6.45, 7) is 9.58. The molecule has 0 saturated heterocycles. The molecule has 0 aliphatic heterocycles. The lowest BCUT2D eigenvalue weighted by atomic mass is 10.1. The lowest BCUT2D eigenvalue weighted by Crippen LogP contribution is -3.00. The van der Waals surface area contributed by atoms with Gasteiger partial charge in [-0.1, -0.05) is 58.3 Å². The molecule has 0 saturated carbocycles. The van der Waals surface area contributed by atoms with Crippen molar-refractivity contribution in [2.75, 3.05) is 24.6 Å². The maximum absolute atomic E-state index is 2.43. The molecule has 0 bridgehead atoms. The Kier molecular flexibility index (Phi) is 18.9. The smallest absolute Gasteiger partial charge is 0.0594 e. The van der Waals surface area contributed by atoms with Crippen LogP contribution in [0, 0.1) is 0 Å². The molecule has 0 unspecified atom stereocenters. The number of halogens is 1. The minimum absolute atomic E-state index is 0. The van der Waals surface area contributed by atoms with Crippen LogP contribution < -0.4 is 17.0 Å². The van der Waals surface area contributed by atoms with Crippen molar-refractivity contribution in [1.82, 2.24) is 0 Å². The van der Waals surface area contributed by atoms with Crippen LogP contribution in [0.2, 0.25) is 0 Å². The van der Waals surface area contributed by atoms with Gasteiger partial charge in [0.25, 0.3) is 0 Å². The third kappa shape index (κ3) is 11.6. The van der Waals surface area contributed by atoms with E-state index in [0.29, 0.717) is 0 Å². The first-order valence-corrected chi connectivity index (χ1v) is 11.6. The molecule has 2 heteroatoms. The molecule has 0 radical (unpaired) electrons. The molecule has 124 valence electrons. The molecule has 0 N–H and O–H groups in total. The van der Waals surface area contributed by atoms with E-state index in [4.69, 9.17) is 0 Å². The summed E-state index contributed by atoms with van der Waals surface area (Å²) < 4.78 is 0. The van der Waals surface area contributed by atoms with Crippen molar-refractivity contribution in [3.05, 3.63) is 0 Å². The summed E-state index contributed by atoms with van der Waals surface area (Å²) >= 11 is 0. The zero-order chi connectivity index (χ0) is 14.4. The molecule has 0 spiro atoms. The number of hydrogen-bond donors (Lipinski definition) is 0. The van der Waals surface area contributed by atoms with Crippen LogP contribution in [0.3, 0.4) is 0 Å². The SMILES string of the molecule is CCCCCCCCCCCC[P+](CC)(CC)CC.[Br-]. The van der Waals surface area contributed by atoms with Crippen LogP contribution in [-0.4, -0.2) is 24.6 Å². The van der Waals surface area contributed by atoms with E-state index in [1.54, 1.807) is 6.16 Å². The Labute approximate surface area is 141 Å². The van der Waals surface area contributed by atoms with Gasteiger partial charge in [0.15, 0.2) is 0 Å². The van der Waals surface area contributed by atoms with Gasteiger partial charge < -0.3 is 17.0 Å². The molecule has 20 heavy (non-hydrogen) atoms. The second kappa shape index (κ2) is 16.3. The quantitative estimate of drug-likeness (QED) is 0.322. The molecule has 0 aliphatic carbocycles. The third-order valence-corrected chi connectivity index (χ3v) is 10.3. The van der Waals surface area contributed by atoms with Crippen LogP contribution in [0.25, 0.3) is 0 Å². The van der Waals surface area contributed by atoms with E-state index in [0.717, 1.165) is 0 Å². The monoisotopic (exact) mass is 366 g/mol. The van der Waals surface area contributed by atoms with Crippen LogP contribution in [0.4, 0.5) is 0 Å². The molecular weight excluding hydrogens is 327 g/mol. The van der Waals surface area contributed by atoms with Gasteiger partial charge in [-0.05, 0) is 33.6 Å². The standard InChI is InChI=1S/C18H40P.BrH/c1-5-9-10-11-12-13-14-15-16-17-18-19(6-2,7-3)8-4;/h5-18H2,1-4H3;1H/q+1;/p-1. The maximum atomic E-state index is 2.43. The molecule has 0 fully saturated rings. The fourth-order valence-corrected chi connectivity index (χ4v) is 6.26. The van der Waals surface area contributed by atoms with E-state index >= 15 is 0 Å². The van der Waals surface area contributed by atoms with Gasteiger partial charge in [0, 0.05) is 7.26 Å². The fraction of sp³-hybridized carbons (Fsp3) is 1.00. The summed E-state index contributed by atoms with van der Waals surface area (Å²) in [6.07, 6.45) is 20.7. The minimum atomic E-state index is -0.513. The number of unbranched alkanes of at least 4 members (excludes halogenated alkanes) is 9. The Morgan fingerprint density at radius 3 is 1.20 bits per heavy atom. The molecule has 0 aromatic carbocycles. The Morgan fingerprint density at radius 2 is 0.850 bits per heavy atom. The molecule has 0 aromatic heterocycles. The van der Waals surface area contributed by atoms with E-state index in [-0.39, 0.29) is 17.0 Å². The average Bonchev–Trinajstić information content (AvgIpc) is 2.46. The van der Waals surface area contributed by atoms with Gasteiger partial charge >= 0.3 is 0 Å². The van der Waals surface area contributed by atoms with Gasteiger partial charge in [0.1, 0.15) is 0 Å². The van der Waals surface area contributed by atoms with Crippen molar-refractivity contribution in [2.45, 2.75) is 91.9 Å². The van der Waals surface area contributed by atoms with Crippen molar-refractivity contribution in [1.29, 1.82) is 0 Å². The second-order valence-electron chi connectivity index (χ2n) is 6.20. The lowest BCUT2D eigenvalue weighted by Gasteiger charge is -2.23. The van der Waals surface area contributed by atoms with Crippen molar-refractivity contribution in [3.63, 3.8) is 0 Å². The van der Waals surface area contributed by atoms with Crippen LogP contribution in [0.5, 0.6) is 0 Å². The largest absolute Gasteiger partial charge is 1.00 e. The highest BCUT2D eigenvalue weighted by atomic mass is 79.9. The van der Waals surface area contributed by atoms with Crippen molar-refractivity contribution in [2.24, 2.45) is 0 Å². The highest BCUT2D eigenvalue weighted by Crippen LogP contribution is 2.58. The summed E-state index contributed by atoms with van der Waals surface area (Å²) in [6, 6.07) is 0. The van der Waals surface area contributed by atoms with Crippen molar-refractivity contribution < 1.29 is 17.0 Å². The highest BCUT2D eigenvalue weighted by Gasteiger charge is 2.29. The molecule has 0 aliphatic rings. The van der Waals surface area contributed by atoms with Crippen molar-refractivity contribution >= 4 is 7.26 Å². The van der Waals surface area contributed by atoms with E-state index in [2.05, 4.69) is 27.7 Å². The zero-order valence-corrected chi connectivity index (χ0v) is 17.2. The predicted molar refractivity (Wildman–Crippen MR) is 95.3 cm³/mol. The first kappa shape index (κ1) is 23.2. The minimum Gasteiger partial charge on any atom is -1.00 e. The van der Waals surface area contributed by atoms with Crippen LogP contribution in [0.15, 0.2) is 0 Å². The van der Waals surface area contributed by atoms with Crippen LogP contribution in [0.1, 0.15) is 91.9 Å². The molecule has 0 heterocycles. The van der Waals surface area contributed by atoms with E-state index in [1.165, 1.54) is 82.7 Å². The Balaban J connectivity index is 0. The first-order valence-electron chi connectivity index (χ1n) is 9.09. The van der Waals surface area contributed by atoms with Gasteiger partial charge in [-0.3, -0.25) is 0 Å². The summed E-state index contributed by atoms with van der Waals surface area (Å²) in [5, 5.41) is 0. The molecular formula is C18H40BrP. The first-order chi connectivity index (χ1) is 9.24. The Morgan fingerprint density at radius 1 is 0.500 bits per heavy atom. The molecule has 0 rings (SSSR count). The average molecular weight is 367 g/mol. The Bertz CT molecular complexity index is 170. The van der Waals surface area contributed by atoms with Crippen LogP contribution in [-0.2, 0) is 0 Å². The van der Waals surface area contributed by atoms with E-state index in [1.807, 2.05) is 0 Å². The maximum Gasteiger partial charge on any atom is 0.0594 e.